The van der Waals surface area contributed by atoms with E-state index >= 15 is 0 Å². The van der Waals surface area contributed by atoms with Gasteiger partial charge >= 0.3 is 0 Å². The molecule has 1 aliphatic heterocycles. The van der Waals surface area contributed by atoms with Crippen LogP contribution in [0.3, 0.4) is 0 Å². The third-order valence-electron chi connectivity index (χ3n) is 5.26. The molecule has 31 heavy (non-hydrogen) atoms. The molecule has 1 aromatic heterocycles. The summed E-state index contributed by atoms with van der Waals surface area (Å²) in [5.41, 5.74) is 2.17. The number of nitrogens with one attached hydrogen (secondary N) is 1. The van der Waals surface area contributed by atoms with Crippen molar-refractivity contribution in [3.63, 3.8) is 0 Å². The third-order valence-corrected chi connectivity index (χ3v) is 5.26. The maximum absolute atomic E-state index is 13.7. The Hall–Kier alpha value is -3.81. The number of fused-ring (bicyclic) bond motifs is 1. The summed E-state index contributed by atoms with van der Waals surface area (Å²) in [6.45, 7) is 3.16. The van der Waals surface area contributed by atoms with Gasteiger partial charge in [-0.1, -0.05) is 24.3 Å². The molecule has 0 radical (unpaired) electrons. The summed E-state index contributed by atoms with van der Waals surface area (Å²) in [6, 6.07) is 14.5. The van der Waals surface area contributed by atoms with E-state index in [1.807, 2.05) is 31.2 Å². The van der Waals surface area contributed by atoms with E-state index < -0.39 is 23.8 Å². The fourth-order valence-corrected chi connectivity index (χ4v) is 3.68. The third kappa shape index (κ3) is 4.09. The SMILES string of the molecule is Cc1ccc(NC(=O)Cn2nc(C(=O)N3c4ccccc4C[C@@H]3C)ccc2=O)cc1F. The fraction of sp³-hybridized carbons (Fsp3) is 0.217. The largest absolute Gasteiger partial charge is 0.324 e. The predicted octanol–water partition coefficient (Wildman–Crippen LogP) is 2.92. The minimum Gasteiger partial charge on any atom is -0.324 e. The van der Waals surface area contributed by atoms with Crippen molar-refractivity contribution in [3.05, 3.63) is 87.6 Å². The molecule has 0 saturated heterocycles. The molecule has 1 N–H and O–H groups in total. The maximum atomic E-state index is 13.7. The van der Waals surface area contributed by atoms with Gasteiger partial charge in [0, 0.05) is 23.5 Å². The summed E-state index contributed by atoms with van der Waals surface area (Å²) in [7, 11) is 0. The zero-order valence-electron chi connectivity index (χ0n) is 17.1. The van der Waals surface area contributed by atoms with E-state index in [9.17, 15) is 18.8 Å². The van der Waals surface area contributed by atoms with Gasteiger partial charge in [-0.25, -0.2) is 9.07 Å². The van der Waals surface area contributed by atoms with Gasteiger partial charge < -0.3 is 10.2 Å². The van der Waals surface area contributed by atoms with E-state index in [4.69, 9.17) is 0 Å². The average molecular weight is 420 g/mol. The van der Waals surface area contributed by atoms with Crippen LogP contribution in [0.2, 0.25) is 0 Å². The normalized spacial score (nSPS) is 14.9. The first kappa shape index (κ1) is 20.5. The minimum atomic E-state index is -0.553. The fourth-order valence-electron chi connectivity index (χ4n) is 3.68. The lowest BCUT2D eigenvalue weighted by atomic mass is 10.1. The first-order chi connectivity index (χ1) is 14.8. The Bertz CT molecular complexity index is 1240. The van der Waals surface area contributed by atoms with E-state index in [2.05, 4.69) is 10.4 Å². The number of para-hydroxylation sites is 1. The number of nitrogens with zero attached hydrogens (tertiary/aromatic N) is 3. The number of benzene rings is 2. The van der Waals surface area contributed by atoms with Crippen LogP contribution in [0.5, 0.6) is 0 Å². The number of carbonyl (C=O) groups excluding carboxylic acids is 2. The maximum Gasteiger partial charge on any atom is 0.278 e. The van der Waals surface area contributed by atoms with Crippen LogP contribution >= 0.6 is 0 Å². The van der Waals surface area contributed by atoms with Gasteiger partial charge in [0.05, 0.1) is 0 Å². The lowest BCUT2D eigenvalue weighted by Gasteiger charge is -2.22. The van der Waals surface area contributed by atoms with Crippen LogP contribution in [0.15, 0.2) is 59.4 Å². The molecule has 4 rings (SSSR count). The van der Waals surface area contributed by atoms with Crippen LogP contribution in [0.1, 0.15) is 28.5 Å². The monoisotopic (exact) mass is 420 g/mol. The quantitative estimate of drug-likeness (QED) is 0.703. The molecule has 0 spiro atoms. The van der Waals surface area contributed by atoms with Crippen LogP contribution in [0.25, 0.3) is 0 Å². The highest BCUT2D eigenvalue weighted by molar-refractivity contribution is 6.06. The number of hydrogen-bond donors (Lipinski definition) is 1. The molecule has 0 unspecified atom stereocenters. The second-order valence-corrected chi connectivity index (χ2v) is 7.58. The van der Waals surface area contributed by atoms with Crippen LogP contribution in [-0.2, 0) is 17.8 Å². The second-order valence-electron chi connectivity index (χ2n) is 7.58. The minimum absolute atomic E-state index is 0.0492. The van der Waals surface area contributed by atoms with Crippen molar-refractivity contribution in [2.24, 2.45) is 0 Å². The van der Waals surface area contributed by atoms with Crippen molar-refractivity contribution in [1.82, 2.24) is 9.78 Å². The number of rotatable bonds is 4. The lowest BCUT2D eigenvalue weighted by Crippen LogP contribution is -2.38. The van der Waals surface area contributed by atoms with Gasteiger partial charge in [-0.3, -0.25) is 14.4 Å². The van der Waals surface area contributed by atoms with E-state index in [1.165, 1.54) is 18.2 Å². The van der Waals surface area contributed by atoms with Gasteiger partial charge in [0.1, 0.15) is 18.1 Å². The highest BCUT2D eigenvalue weighted by Gasteiger charge is 2.32. The summed E-state index contributed by atoms with van der Waals surface area (Å²) in [6.07, 6.45) is 0.733. The highest BCUT2D eigenvalue weighted by atomic mass is 19.1. The number of aromatic nitrogens is 2. The number of hydrogen-bond acceptors (Lipinski definition) is 4. The van der Waals surface area contributed by atoms with Crippen molar-refractivity contribution in [2.75, 3.05) is 10.2 Å². The molecule has 8 heteroatoms. The molecular weight excluding hydrogens is 399 g/mol. The lowest BCUT2D eigenvalue weighted by molar-refractivity contribution is -0.117. The molecular formula is C23H21FN4O3. The Balaban J connectivity index is 1.54. The Labute approximate surface area is 178 Å². The van der Waals surface area contributed by atoms with Gasteiger partial charge in [-0.05, 0) is 55.7 Å². The first-order valence-electron chi connectivity index (χ1n) is 9.89. The smallest absolute Gasteiger partial charge is 0.278 e. The standard InChI is InChI=1S/C23H21FN4O3/c1-14-7-8-17(12-18(14)24)25-21(29)13-27-22(30)10-9-19(26-27)23(31)28-15(2)11-16-5-3-4-6-20(16)28/h3-10,12,15H,11,13H2,1-2H3,(H,25,29)/t15-/m0/s1. The number of anilines is 2. The molecule has 1 aliphatic rings. The Kier molecular flexibility index (Phi) is 5.37. The summed E-state index contributed by atoms with van der Waals surface area (Å²) >= 11 is 0. The van der Waals surface area contributed by atoms with Crippen LogP contribution in [0, 0.1) is 12.7 Å². The topological polar surface area (TPSA) is 84.3 Å². The Morgan fingerprint density at radius 1 is 1.16 bits per heavy atom. The molecule has 2 aromatic carbocycles. The predicted molar refractivity (Wildman–Crippen MR) is 115 cm³/mol. The van der Waals surface area contributed by atoms with Gasteiger partial charge in [0.25, 0.3) is 11.5 Å². The van der Waals surface area contributed by atoms with E-state index in [0.29, 0.717) is 5.56 Å². The van der Waals surface area contributed by atoms with Crippen LogP contribution < -0.4 is 15.8 Å². The van der Waals surface area contributed by atoms with Crippen molar-refractivity contribution in [2.45, 2.75) is 32.9 Å². The van der Waals surface area contributed by atoms with Crippen molar-refractivity contribution < 1.29 is 14.0 Å². The molecule has 0 bridgehead atoms. The summed E-state index contributed by atoms with van der Waals surface area (Å²) in [5, 5.41) is 6.65. The molecule has 3 aromatic rings. The van der Waals surface area contributed by atoms with Crippen molar-refractivity contribution in [3.8, 4) is 0 Å². The molecule has 158 valence electrons. The zero-order chi connectivity index (χ0) is 22.1. The summed E-state index contributed by atoms with van der Waals surface area (Å²) in [5.74, 6) is -1.34. The zero-order valence-corrected chi connectivity index (χ0v) is 17.1. The molecule has 1 atom stereocenters. The van der Waals surface area contributed by atoms with Gasteiger partial charge in [0.15, 0.2) is 0 Å². The number of amides is 2. The Morgan fingerprint density at radius 3 is 2.71 bits per heavy atom. The van der Waals surface area contributed by atoms with E-state index in [-0.39, 0.29) is 23.3 Å². The molecule has 7 nitrogen and oxygen atoms in total. The summed E-state index contributed by atoms with van der Waals surface area (Å²) < 4.78 is 14.6. The number of aryl methyl sites for hydroxylation is 1. The molecule has 2 heterocycles. The van der Waals surface area contributed by atoms with Crippen molar-refractivity contribution in [1.29, 1.82) is 0 Å². The van der Waals surface area contributed by atoms with Gasteiger partial charge in [-0.2, -0.15) is 5.10 Å². The van der Waals surface area contributed by atoms with Crippen LogP contribution in [0.4, 0.5) is 15.8 Å². The molecule has 0 fully saturated rings. The number of carbonyl (C=O) groups is 2. The summed E-state index contributed by atoms with van der Waals surface area (Å²) in [4.78, 5) is 39.3. The highest BCUT2D eigenvalue weighted by Crippen LogP contribution is 2.32. The average Bonchev–Trinajstić information content (AvgIpc) is 3.07. The molecule has 0 saturated carbocycles. The van der Waals surface area contributed by atoms with E-state index in [1.54, 1.807) is 24.0 Å². The first-order valence-corrected chi connectivity index (χ1v) is 9.89. The van der Waals surface area contributed by atoms with Gasteiger partial charge in [-0.15, -0.1) is 0 Å². The van der Waals surface area contributed by atoms with E-state index in [0.717, 1.165) is 22.4 Å². The van der Waals surface area contributed by atoms with Crippen LogP contribution in [-0.4, -0.2) is 27.6 Å². The number of halogens is 1. The molecule has 2 amide bonds. The van der Waals surface area contributed by atoms with Crippen molar-refractivity contribution >= 4 is 23.2 Å². The molecule has 0 aliphatic carbocycles. The Morgan fingerprint density at radius 2 is 1.94 bits per heavy atom. The second kappa shape index (κ2) is 8.14. The van der Waals surface area contributed by atoms with Gasteiger partial charge in [0.2, 0.25) is 5.91 Å².